The summed E-state index contributed by atoms with van der Waals surface area (Å²) in [5.41, 5.74) is 1.66. The van der Waals surface area contributed by atoms with Crippen LogP contribution in [0, 0.1) is 4.91 Å². The molecule has 1 atom stereocenters. The highest BCUT2D eigenvalue weighted by Crippen LogP contribution is 2.35. The van der Waals surface area contributed by atoms with E-state index in [4.69, 9.17) is 4.74 Å². The number of likely N-dealkylation sites (N-methyl/N-ethyl adjacent to an activating group) is 1. The third kappa shape index (κ3) is 2.99. The predicted octanol–water partition coefficient (Wildman–Crippen LogP) is 1.41. The van der Waals surface area contributed by atoms with E-state index in [9.17, 15) is 9.70 Å². The molecule has 124 valence electrons. The van der Waals surface area contributed by atoms with Crippen LogP contribution in [0.25, 0.3) is 0 Å². The number of ether oxygens (including phenoxy) is 1. The second kappa shape index (κ2) is 7.13. The number of hydrogen-bond donors (Lipinski definition) is 1. The Morgan fingerprint density at radius 1 is 1.35 bits per heavy atom. The van der Waals surface area contributed by atoms with E-state index in [1.54, 1.807) is 18.2 Å². The maximum absolute atomic E-state index is 12.3. The van der Waals surface area contributed by atoms with Gasteiger partial charge in [0.25, 0.3) is 4.92 Å². The predicted molar refractivity (Wildman–Crippen MR) is 84.8 cm³/mol. The van der Waals surface area contributed by atoms with Gasteiger partial charge in [-0.3, -0.25) is 0 Å². The van der Waals surface area contributed by atoms with Crippen LogP contribution in [0.3, 0.4) is 0 Å². The molecule has 0 aromatic heterocycles. The Labute approximate surface area is 135 Å². The highest BCUT2D eigenvalue weighted by molar-refractivity contribution is 5.96. The average molecular weight is 320 g/mol. The number of hydrogen-bond acceptors (Lipinski definition) is 6. The van der Waals surface area contributed by atoms with E-state index in [2.05, 4.69) is 15.1 Å². The summed E-state index contributed by atoms with van der Waals surface area (Å²) in [7, 11) is 2.67. The molecule has 0 aromatic rings. The van der Waals surface area contributed by atoms with Crippen LogP contribution in [0.2, 0.25) is 0 Å². The Hall–Kier alpha value is -2.57. The van der Waals surface area contributed by atoms with Crippen LogP contribution in [0.15, 0.2) is 47.0 Å². The number of carbonyl (C=O) groups excluding carboxylic acids is 1. The van der Waals surface area contributed by atoms with Crippen molar-refractivity contribution in [3.63, 3.8) is 0 Å². The van der Waals surface area contributed by atoms with Crippen molar-refractivity contribution in [1.29, 1.82) is 0 Å². The van der Waals surface area contributed by atoms with Crippen LogP contribution in [0.4, 0.5) is 0 Å². The van der Waals surface area contributed by atoms with Crippen molar-refractivity contribution in [1.82, 2.24) is 10.2 Å². The lowest BCUT2D eigenvalue weighted by Crippen LogP contribution is -2.34. The number of rotatable bonds is 6. The molecule has 0 amide bonds. The average Bonchev–Trinajstić information content (AvgIpc) is 2.71. The van der Waals surface area contributed by atoms with Crippen molar-refractivity contribution < 1.29 is 19.3 Å². The van der Waals surface area contributed by atoms with Crippen LogP contribution in [0.5, 0.6) is 0 Å². The molecule has 0 saturated heterocycles. The van der Waals surface area contributed by atoms with E-state index >= 15 is 0 Å². The topological polar surface area (TPSA) is 70.9 Å². The zero-order valence-corrected chi connectivity index (χ0v) is 13.8. The smallest absolute Gasteiger partial charge is 0.341 e. The number of nitrogens with one attached hydrogen (secondary N) is 1. The zero-order chi connectivity index (χ0) is 17.0. The standard InChI is InChI=1S/C16H21N3O4/c1-5-17-15-14(16(20)22-3)12-9-7-11(19(21)23-4)8-10-13(12)18(15)6-2/h7-10,13H,5-6H2,1-4H3/p+1. The van der Waals surface area contributed by atoms with E-state index in [0.717, 1.165) is 11.4 Å². The number of methoxy groups -OCH3 is 1. The van der Waals surface area contributed by atoms with Crippen LogP contribution >= 0.6 is 0 Å². The molecule has 2 aliphatic rings. The fraction of sp³-hybridized carbons (Fsp3) is 0.438. The van der Waals surface area contributed by atoms with Crippen molar-refractivity contribution in [3.8, 4) is 0 Å². The van der Waals surface area contributed by atoms with E-state index in [1.165, 1.54) is 14.2 Å². The summed E-state index contributed by atoms with van der Waals surface area (Å²) in [6.07, 6.45) is 6.97. The summed E-state index contributed by atoms with van der Waals surface area (Å²) in [6, 6.07) is -0.137. The number of nitrogens with zero attached hydrogens (tertiary/aromatic N) is 2. The van der Waals surface area contributed by atoms with Crippen molar-refractivity contribution in [2.45, 2.75) is 19.9 Å². The molecule has 1 aliphatic heterocycles. The molecular weight excluding hydrogens is 298 g/mol. The molecule has 1 N–H and O–H groups in total. The van der Waals surface area contributed by atoms with Gasteiger partial charge in [-0.15, -0.1) is 0 Å². The molecule has 1 aliphatic carbocycles. The lowest BCUT2D eigenvalue weighted by atomic mass is 10.0. The lowest BCUT2D eigenvalue weighted by Gasteiger charge is -2.26. The van der Waals surface area contributed by atoms with Gasteiger partial charge in [0.1, 0.15) is 11.4 Å². The van der Waals surface area contributed by atoms with Gasteiger partial charge in [-0.05, 0) is 25.5 Å². The quantitative estimate of drug-likeness (QED) is 0.589. The maximum Gasteiger partial charge on any atom is 0.341 e. The number of esters is 1. The fourth-order valence-electron chi connectivity index (χ4n) is 2.80. The van der Waals surface area contributed by atoms with Gasteiger partial charge >= 0.3 is 11.7 Å². The largest absolute Gasteiger partial charge is 0.465 e. The first kappa shape index (κ1) is 16.8. The molecule has 1 heterocycles. The van der Waals surface area contributed by atoms with Gasteiger partial charge in [-0.2, -0.15) is 0 Å². The minimum absolute atomic E-state index is 0.137. The Kier molecular flexibility index (Phi) is 5.20. The monoisotopic (exact) mass is 320 g/mol. The molecule has 0 radical (unpaired) electrons. The summed E-state index contributed by atoms with van der Waals surface area (Å²) in [6.45, 7) is 5.38. The Balaban J connectivity index is 2.55. The molecule has 7 heteroatoms. The van der Waals surface area contributed by atoms with Crippen molar-refractivity contribution in [2.24, 2.45) is 0 Å². The van der Waals surface area contributed by atoms with Gasteiger partial charge < -0.3 is 15.0 Å². The third-order valence-electron chi connectivity index (χ3n) is 3.80. The first-order valence-corrected chi connectivity index (χ1v) is 7.53. The van der Waals surface area contributed by atoms with Gasteiger partial charge in [0.05, 0.1) is 18.1 Å². The van der Waals surface area contributed by atoms with Crippen molar-refractivity contribution in [2.75, 3.05) is 27.3 Å². The van der Waals surface area contributed by atoms with Gasteiger partial charge in [-0.1, -0.05) is 6.08 Å². The van der Waals surface area contributed by atoms with Crippen LogP contribution < -0.4 is 5.32 Å². The summed E-state index contributed by atoms with van der Waals surface area (Å²) in [5, 5.41) is 3.25. The van der Waals surface area contributed by atoms with Crippen LogP contribution in [0.1, 0.15) is 13.8 Å². The number of fused-ring (bicyclic) bond motifs is 1. The van der Waals surface area contributed by atoms with Crippen LogP contribution in [-0.4, -0.2) is 49.1 Å². The highest BCUT2D eigenvalue weighted by atomic mass is 16.8. The Morgan fingerprint density at radius 3 is 2.65 bits per heavy atom. The summed E-state index contributed by atoms with van der Waals surface area (Å²) in [5.74, 6) is 0.356. The molecule has 23 heavy (non-hydrogen) atoms. The van der Waals surface area contributed by atoms with Crippen molar-refractivity contribution in [3.05, 3.63) is 51.9 Å². The molecule has 0 fully saturated rings. The van der Waals surface area contributed by atoms with E-state index in [1.807, 2.05) is 19.9 Å². The van der Waals surface area contributed by atoms with Gasteiger partial charge in [0.15, 0.2) is 7.11 Å². The lowest BCUT2D eigenvalue weighted by molar-refractivity contribution is -0.758. The molecule has 1 unspecified atom stereocenters. The Bertz CT molecular complexity index is 631. The van der Waals surface area contributed by atoms with E-state index in [0.29, 0.717) is 29.3 Å². The molecular formula is C16H22N3O4+. The highest BCUT2D eigenvalue weighted by Gasteiger charge is 2.39. The zero-order valence-electron chi connectivity index (χ0n) is 13.8. The SMILES string of the molecule is CCNC1=C(C(=O)OC)C2=CC=C([N+](=O)OC)C=CC2N1CC. The minimum atomic E-state index is -0.399. The van der Waals surface area contributed by atoms with E-state index < -0.39 is 5.97 Å². The minimum Gasteiger partial charge on any atom is -0.465 e. The second-order valence-electron chi connectivity index (χ2n) is 4.99. The fourth-order valence-corrected chi connectivity index (χ4v) is 2.80. The second-order valence-corrected chi connectivity index (χ2v) is 4.99. The summed E-state index contributed by atoms with van der Waals surface area (Å²) in [4.78, 5) is 31.1. The third-order valence-corrected chi connectivity index (χ3v) is 3.80. The molecule has 0 saturated carbocycles. The first-order chi connectivity index (χ1) is 11.1. The number of allylic oxidation sites excluding steroid dienone is 3. The molecule has 0 bridgehead atoms. The van der Waals surface area contributed by atoms with Gasteiger partial charge in [0, 0.05) is 25.2 Å². The maximum atomic E-state index is 12.3. The van der Waals surface area contributed by atoms with Gasteiger partial charge in [0.2, 0.25) is 0 Å². The van der Waals surface area contributed by atoms with Gasteiger partial charge in [-0.25, -0.2) is 9.63 Å². The van der Waals surface area contributed by atoms with Crippen LogP contribution in [-0.2, 0) is 14.4 Å². The number of carbonyl (C=O) groups is 1. The van der Waals surface area contributed by atoms with E-state index in [-0.39, 0.29) is 6.04 Å². The Morgan fingerprint density at radius 2 is 2.09 bits per heavy atom. The summed E-state index contributed by atoms with van der Waals surface area (Å²) >= 11 is 0. The van der Waals surface area contributed by atoms with Crippen molar-refractivity contribution >= 4 is 5.97 Å². The molecule has 0 aromatic carbocycles. The summed E-state index contributed by atoms with van der Waals surface area (Å²) < 4.78 is 4.94. The molecule has 0 spiro atoms. The molecule has 7 nitrogen and oxygen atoms in total. The normalized spacial score (nSPS) is 19.7. The molecule has 2 rings (SSSR count). The first-order valence-electron chi connectivity index (χ1n) is 7.53.